The van der Waals surface area contributed by atoms with Crippen LogP contribution in [0.4, 0.5) is 0 Å². The van der Waals surface area contributed by atoms with E-state index >= 15 is 0 Å². The molecule has 1 unspecified atom stereocenters. The fourth-order valence-electron chi connectivity index (χ4n) is 2.03. The molecule has 2 rings (SSSR count). The largest absolute Gasteiger partial charge is 0.467 e. The number of carbonyl (C=O) groups is 1. The van der Waals surface area contributed by atoms with Gasteiger partial charge < -0.3 is 15.1 Å². The van der Waals surface area contributed by atoms with Crippen LogP contribution in [0.15, 0.2) is 22.8 Å². The van der Waals surface area contributed by atoms with Crippen molar-refractivity contribution in [3.63, 3.8) is 0 Å². The molecule has 1 aliphatic heterocycles. The SMILES string of the molecule is CN(CC(=O)NCc1ccco1)C1CCNC1. The van der Waals surface area contributed by atoms with Crippen molar-refractivity contribution in [2.75, 3.05) is 26.7 Å². The lowest BCUT2D eigenvalue weighted by molar-refractivity contribution is -0.122. The highest BCUT2D eigenvalue weighted by Gasteiger charge is 2.20. The van der Waals surface area contributed by atoms with E-state index < -0.39 is 0 Å². The molecule has 0 saturated carbocycles. The maximum Gasteiger partial charge on any atom is 0.234 e. The molecule has 0 aromatic carbocycles. The third kappa shape index (κ3) is 3.57. The Morgan fingerprint density at radius 1 is 1.71 bits per heavy atom. The van der Waals surface area contributed by atoms with Gasteiger partial charge in [0.25, 0.3) is 0 Å². The van der Waals surface area contributed by atoms with E-state index in [2.05, 4.69) is 15.5 Å². The van der Waals surface area contributed by atoms with Crippen LogP contribution in [0, 0.1) is 0 Å². The summed E-state index contributed by atoms with van der Waals surface area (Å²) >= 11 is 0. The van der Waals surface area contributed by atoms with Gasteiger partial charge in [-0.1, -0.05) is 0 Å². The van der Waals surface area contributed by atoms with E-state index in [1.807, 2.05) is 19.2 Å². The van der Waals surface area contributed by atoms with Gasteiger partial charge in [0.2, 0.25) is 5.91 Å². The lowest BCUT2D eigenvalue weighted by Gasteiger charge is -2.22. The van der Waals surface area contributed by atoms with Crippen molar-refractivity contribution >= 4 is 5.91 Å². The minimum absolute atomic E-state index is 0.0378. The summed E-state index contributed by atoms with van der Waals surface area (Å²) in [4.78, 5) is 13.8. The molecule has 5 nitrogen and oxygen atoms in total. The average Bonchev–Trinajstić information content (AvgIpc) is 2.99. The molecule has 1 fully saturated rings. The lowest BCUT2D eigenvalue weighted by Crippen LogP contribution is -2.41. The molecule has 0 spiro atoms. The van der Waals surface area contributed by atoms with E-state index in [9.17, 15) is 4.79 Å². The van der Waals surface area contributed by atoms with Gasteiger partial charge in [0.1, 0.15) is 5.76 Å². The number of furan rings is 1. The summed E-state index contributed by atoms with van der Waals surface area (Å²) in [6.07, 6.45) is 2.72. The lowest BCUT2D eigenvalue weighted by atomic mass is 10.2. The van der Waals surface area contributed by atoms with Gasteiger partial charge in [0.15, 0.2) is 0 Å². The molecule has 5 heteroatoms. The predicted molar refractivity (Wildman–Crippen MR) is 64.5 cm³/mol. The molecule has 2 N–H and O–H groups in total. The van der Waals surface area contributed by atoms with Crippen LogP contribution in [0.25, 0.3) is 0 Å². The number of nitrogens with zero attached hydrogens (tertiary/aromatic N) is 1. The molecular weight excluding hydrogens is 218 g/mol. The minimum Gasteiger partial charge on any atom is -0.467 e. The van der Waals surface area contributed by atoms with Crippen molar-refractivity contribution in [3.8, 4) is 0 Å². The zero-order chi connectivity index (χ0) is 12.1. The quantitative estimate of drug-likeness (QED) is 0.767. The molecule has 1 atom stereocenters. The van der Waals surface area contributed by atoms with Gasteiger partial charge in [0, 0.05) is 12.6 Å². The maximum absolute atomic E-state index is 11.7. The van der Waals surface area contributed by atoms with Crippen molar-refractivity contribution in [2.45, 2.75) is 19.0 Å². The first-order valence-corrected chi connectivity index (χ1v) is 5.96. The van der Waals surface area contributed by atoms with Crippen LogP contribution in [0.1, 0.15) is 12.2 Å². The van der Waals surface area contributed by atoms with Gasteiger partial charge in [0.05, 0.1) is 19.4 Å². The van der Waals surface area contributed by atoms with Gasteiger partial charge in [-0.2, -0.15) is 0 Å². The average molecular weight is 237 g/mol. The Kier molecular flexibility index (Phi) is 4.17. The zero-order valence-electron chi connectivity index (χ0n) is 10.1. The first kappa shape index (κ1) is 12.1. The number of rotatable bonds is 5. The molecule has 1 aliphatic rings. The molecule has 1 amide bonds. The highest BCUT2D eigenvalue weighted by Crippen LogP contribution is 2.05. The minimum atomic E-state index is 0.0378. The summed E-state index contributed by atoms with van der Waals surface area (Å²) in [6.45, 7) is 2.92. The van der Waals surface area contributed by atoms with E-state index in [1.165, 1.54) is 0 Å². The number of likely N-dealkylation sites (N-methyl/N-ethyl adjacent to an activating group) is 1. The number of carbonyl (C=O) groups excluding carboxylic acids is 1. The Bertz CT molecular complexity index is 345. The van der Waals surface area contributed by atoms with E-state index in [4.69, 9.17) is 4.42 Å². The summed E-state index contributed by atoms with van der Waals surface area (Å²) in [5.41, 5.74) is 0. The monoisotopic (exact) mass is 237 g/mol. The van der Waals surface area contributed by atoms with E-state index in [-0.39, 0.29) is 5.91 Å². The van der Waals surface area contributed by atoms with Crippen LogP contribution >= 0.6 is 0 Å². The van der Waals surface area contributed by atoms with Crippen LogP contribution in [-0.4, -0.2) is 43.5 Å². The first-order valence-electron chi connectivity index (χ1n) is 5.96. The summed E-state index contributed by atoms with van der Waals surface area (Å²) < 4.78 is 5.15. The van der Waals surface area contributed by atoms with Gasteiger partial charge in [-0.15, -0.1) is 0 Å². The van der Waals surface area contributed by atoms with Crippen molar-refractivity contribution in [3.05, 3.63) is 24.2 Å². The van der Waals surface area contributed by atoms with Crippen LogP contribution in [-0.2, 0) is 11.3 Å². The van der Waals surface area contributed by atoms with Crippen LogP contribution in [0.2, 0.25) is 0 Å². The second-order valence-corrected chi connectivity index (χ2v) is 4.42. The highest BCUT2D eigenvalue weighted by atomic mass is 16.3. The predicted octanol–water partition coefficient (Wildman–Crippen LogP) is 0.190. The summed E-state index contributed by atoms with van der Waals surface area (Å²) in [7, 11) is 1.99. The fourth-order valence-corrected chi connectivity index (χ4v) is 2.03. The molecule has 94 valence electrons. The molecule has 0 radical (unpaired) electrons. The topological polar surface area (TPSA) is 57.5 Å². The molecule has 1 aromatic rings. The number of nitrogens with one attached hydrogen (secondary N) is 2. The zero-order valence-corrected chi connectivity index (χ0v) is 10.1. The molecule has 0 aliphatic carbocycles. The summed E-state index contributed by atoms with van der Waals surface area (Å²) in [5.74, 6) is 0.819. The van der Waals surface area contributed by atoms with Crippen LogP contribution in [0.5, 0.6) is 0 Å². The standard InChI is InChI=1S/C12H19N3O2/c1-15(10-4-5-13-7-10)9-12(16)14-8-11-3-2-6-17-11/h2-3,6,10,13H,4-5,7-9H2,1H3,(H,14,16). The Hall–Kier alpha value is -1.33. The van der Waals surface area contributed by atoms with Crippen molar-refractivity contribution in [2.24, 2.45) is 0 Å². The molecule has 2 heterocycles. The number of amides is 1. The molecule has 1 aromatic heterocycles. The third-order valence-corrected chi connectivity index (χ3v) is 3.09. The maximum atomic E-state index is 11.7. The molecule has 1 saturated heterocycles. The molecule has 0 bridgehead atoms. The fraction of sp³-hybridized carbons (Fsp3) is 0.583. The van der Waals surface area contributed by atoms with Crippen molar-refractivity contribution in [1.29, 1.82) is 0 Å². The van der Waals surface area contributed by atoms with E-state index in [0.29, 0.717) is 19.1 Å². The summed E-state index contributed by atoms with van der Waals surface area (Å²) in [6, 6.07) is 4.15. The van der Waals surface area contributed by atoms with Crippen molar-refractivity contribution < 1.29 is 9.21 Å². The number of hydrogen-bond donors (Lipinski definition) is 2. The third-order valence-electron chi connectivity index (χ3n) is 3.09. The molecular formula is C12H19N3O2. The van der Waals surface area contributed by atoms with Crippen molar-refractivity contribution in [1.82, 2.24) is 15.5 Å². The van der Waals surface area contributed by atoms with Gasteiger partial charge >= 0.3 is 0 Å². The normalized spacial score (nSPS) is 19.8. The second kappa shape index (κ2) is 5.84. The molecule has 17 heavy (non-hydrogen) atoms. The van der Waals surface area contributed by atoms with Gasteiger partial charge in [-0.25, -0.2) is 0 Å². The van der Waals surface area contributed by atoms with Gasteiger partial charge in [-0.3, -0.25) is 9.69 Å². The Morgan fingerprint density at radius 2 is 2.59 bits per heavy atom. The summed E-state index contributed by atoms with van der Waals surface area (Å²) in [5, 5.41) is 6.14. The van der Waals surface area contributed by atoms with Crippen LogP contribution < -0.4 is 10.6 Å². The second-order valence-electron chi connectivity index (χ2n) is 4.42. The Morgan fingerprint density at radius 3 is 3.24 bits per heavy atom. The number of hydrogen-bond acceptors (Lipinski definition) is 4. The van der Waals surface area contributed by atoms with Gasteiger partial charge in [-0.05, 0) is 32.1 Å². The Labute approximate surface area is 101 Å². The van der Waals surface area contributed by atoms with E-state index in [0.717, 1.165) is 25.3 Å². The van der Waals surface area contributed by atoms with E-state index in [1.54, 1.807) is 6.26 Å². The Balaban J connectivity index is 1.69. The highest BCUT2D eigenvalue weighted by molar-refractivity contribution is 5.77. The first-order chi connectivity index (χ1) is 8.25. The van der Waals surface area contributed by atoms with Crippen LogP contribution in [0.3, 0.4) is 0 Å². The smallest absolute Gasteiger partial charge is 0.234 e.